The van der Waals surface area contributed by atoms with E-state index in [4.69, 9.17) is 10.2 Å². The highest BCUT2D eigenvalue weighted by molar-refractivity contribution is 7.17. The van der Waals surface area contributed by atoms with Crippen LogP contribution in [0.1, 0.15) is 56.4 Å². The Kier molecular flexibility index (Phi) is 4.02. The Balaban J connectivity index is 1.93. The van der Waals surface area contributed by atoms with Gasteiger partial charge < -0.3 is 15.5 Å². The number of thiophene rings is 1. The van der Waals surface area contributed by atoms with Crippen molar-refractivity contribution in [1.82, 2.24) is 0 Å². The van der Waals surface area contributed by atoms with Gasteiger partial charge in [-0.25, -0.2) is 0 Å². The van der Waals surface area contributed by atoms with Crippen LogP contribution in [-0.4, -0.2) is 11.8 Å². The topological polar surface area (TPSA) is 85.3 Å². The Morgan fingerprint density at radius 2 is 2.00 bits per heavy atom. The highest BCUT2D eigenvalue weighted by atomic mass is 32.1. The molecular weight excluding hydrogens is 300 g/mol. The third-order valence-electron chi connectivity index (χ3n) is 3.86. The lowest BCUT2D eigenvalue weighted by atomic mass is 10.1. The van der Waals surface area contributed by atoms with Gasteiger partial charge in [-0.2, -0.15) is 0 Å². The summed E-state index contributed by atoms with van der Waals surface area (Å²) < 4.78 is 5.32. The van der Waals surface area contributed by atoms with Gasteiger partial charge in [0.1, 0.15) is 10.8 Å². The van der Waals surface area contributed by atoms with E-state index in [0.29, 0.717) is 16.3 Å². The van der Waals surface area contributed by atoms with Crippen LogP contribution in [-0.2, 0) is 12.8 Å². The zero-order valence-electron chi connectivity index (χ0n) is 12.4. The molecule has 0 saturated heterocycles. The summed E-state index contributed by atoms with van der Waals surface area (Å²) in [7, 11) is 0. The van der Waals surface area contributed by atoms with Crippen molar-refractivity contribution in [1.29, 1.82) is 0 Å². The second-order valence-electron chi connectivity index (χ2n) is 5.50. The zero-order chi connectivity index (χ0) is 15.7. The number of carbonyl (C=O) groups is 2. The van der Waals surface area contributed by atoms with E-state index in [1.165, 1.54) is 11.3 Å². The fourth-order valence-corrected chi connectivity index (χ4v) is 4.10. The van der Waals surface area contributed by atoms with E-state index in [9.17, 15) is 9.59 Å². The molecule has 0 aromatic carbocycles. The summed E-state index contributed by atoms with van der Waals surface area (Å²) in [5.74, 6) is 0.0658. The smallest absolute Gasteiger partial charge is 0.291 e. The van der Waals surface area contributed by atoms with Crippen LogP contribution in [0.15, 0.2) is 16.5 Å². The second-order valence-corrected chi connectivity index (χ2v) is 6.60. The summed E-state index contributed by atoms with van der Waals surface area (Å²) in [4.78, 5) is 25.2. The molecule has 3 N–H and O–H groups in total. The molecule has 2 aromatic rings. The molecule has 116 valence electrons. The third-order valence-corrected chi connectivity index (χ3v) is 5.07. The van der Waals surface area contributed by atoms with E-state index < -0.39 is 5.91 Å². The first kappa shape index (κ1) is 14.8. The van der Waals surface area contributed by atoms with E-state index in [2.05, 4.69) is 5.32 Å². The van der Waals surface area contributed by atoms with Crippen LogP contribution in [0.5, 0.6) is 0 Å². The molecule has 6 heteroatoms. The molecule has 5 nitrogen and oxygen atoms in total. The summed E-state index contributed by atoms with van der Waals surface area (Å²) in [6.45, 7) is 1.78. The van der Waals surface area contributed by atoms with Crippen LogP contribution in [0.2, 0.25) is 0 Å². The van der Waals surface area contributed by atoms with E-state index in [1.807, 2.05) is 0 Å². The predicted molar refractivity (Wildman–Crippen MR) is 85.5 cm³/mol. The lowest BCUT2D eigenvalue weighted by Gasteiger charge is -2.05. The zero-order valence-corrected chi connectivity index (χ0v) is 13.2. The first-order valence-electron chi connectivity index (χ1n) is 7.38. The molecule has 0 spiro atoms. The van der Waals surface area contributed by atoms with E-state index >= 15 is 0 Å². The molecule has 2 heterocycles. The molecule has 0 radical (unpaired) electrons. The van der Waals surface area contributed by atoms with Gasteiger partial charge >= 0.3 is 0 Å². The van der Waals surface area contributed by atoms with Gasteiger partial charge in [0.2, 0.25) is 0 Å². The molecule has 0 saturated carbocycles. The van der Waals surface area contributed by atoms with Gasteiger partial charge in [-0.05, 0) is 50.3 Å². The third kappa shape index (κ3) is 2.78. The van der Waals surface area contributed by atoms with Crippen LogP contribution in [0.25, 0.3) is 0 Å². The first-order chi connectivity index (χ1) is 10.6. The standard InChI is InChI=1S/C16H18N2O3S/c1-9-7-8-11(21-9)15(20)18-16-13(14(17)19)10-5-3-2-4-6-12(10)22-16/h7-8H,2-6H2,1H3,(H2,17,19)(H,18,20). The molecular formula is C16H18N2O3S. The van der Waals surface area contributed by atoms with Gasteiger partial charge in [-0.1, -0.05) is 6.42 Å². The highest BCUT2D eigenvalue weighted by Crippen LogP contribution is 2.37. The minimum Gasteiger partial charge on any atom is -0.456 e. The number of aryl methyl sites for hydroxylation is 2. The van der Waals surface area contributed by atoms with E-state index in [1.54, 1.807) is 19.1 Å². The van der Waals surface area contributed by atoms with Crippen LogP contribution in [0, 0.1) is 6.92 Å². The summed E-state index contributed by atoms with van der Waals surface area (Å²) >= 11 is 1.46. The van der Waals surface area contributed by atoms with Crippen molar-refractivity contribution in [2.75, 3.05) is 5.32 Å². The molecule has 3 rings (SSSR count). The van der Waals surface area contributed by atoms with Gasteiger partial charge in [-0.15, -0.1) is 11.3 Å². The maximum Gasteiger partial charge on any atom is 0.291 e. The maximum absolute atomic E-state index is 12.2. The Hall–Kier alpha value is -2.08. The van der Waals surface area contributed by atoms with Crippen molar-refractivity contribution in [2.24, 2.45) is 5.73 Å². The summed E-state index contributed by atoms with van der Waals surface area (Å²) in [6.07, 6.45) is 5.11. The van der Waals surface area contributed by atoms with Crippen molar-refractivity contribution in [3.8, 4) is 0 Å². The number of nitrogens with one attached hydrogen (secondary N) is 1. The van der Waals surface area contributed by atoms with Gasteiger partial charge in [0, 0.05) is 4.88 Å². The Morgan fingerprint density at radius 1 is 1.23 bits per heavy atom. The first-order valence-corrected chi connectivity index (χ1v) is 8.20. The van der Waals surface area contributed by atoms with Gasteiger partial charge in [0.05, 0.1) is 5.56 Å². The molecule has 2 aromatic heterocycles. The fourth-order valence-electron chi connectivity index (χ4n) is 2.81. The molecule has 1 aliphatic rings. The molecule has 0 atom stereocenters. The van der Waals surface area contributed by atoms with Crippen molar-refractivity contribution < 1.29 is 14.0 Å². The number of nitrogens with two attached hydrogens (primary N) is 1. The molecule has 1 aliphatic carbocycles. The number of fused-ring (bicyclic) bond motifs is 1. The maximum atomic E-state index is 12.2. The number of carbonyl (C=O) groups excluding carboxylic acids is 2. The molecule has 0 aliphatic heterocycles. The highest BCUT2D eigenvalue weighted by Gasteiger charge is 2.25. The fraction of sp³-hybridized carbons (Fsp3) is 0.375. The molecule has 2 amide bonds. The number of rotatable bonds is 3. The minimum atomic E-state index is -0.481. The second kappa shape index (κ2) is 5.96. The van der Waals surface area contributed by atoms with E-state index in [-0.39, 0.29) is 11.7 Å². The molecule has 22 heavy (non-hydrogen) atoms. The van der Waals surface area contributed by atoms with Gasteiger partial charge in [0.15, 0.2) is 5.76 Å². The van der Waals surface area contributed by atoms with Crippen molar-refractivity contribution in [2.45, 2.75) is 39.0 Å². The number of amides is 2. The molecule has 0 unspecified atom stereocenters. The van der Waals surface area contributed by atoms with Crippen LogP contribution in [0.4, 0.5) is 5.00 Å². The van der Waals surface area contributed by atoms with Gasteiger partial charge in [0.25, 0.3) is 11.8 Å². The monoisotopic (exact) mass is 318 g/mol. The number of furan rings is 1. The minimum absolute atomic E-state index is 0.233. The van der Waals surface area contributed by atoms with Crippen LogP contribution < -0.4 is 11.1 Å². The quantitative estimate of drug-likeness (QED) is 0.852. The molecule has 0 bridgehead atoms. The Morgan fingerprint density at radius 3 is 2.68 bits per heavy atom. The van der Waals surface area contributed by atoms with Crippen LogP contribution in [0.3, 0.4) is 0 Å². The van der Waals surface area contributed by atoms with Crippen LogP contribution >= 0.6 is 11.3 Å². The number of primary amides is 1. The summed E-state index contributed by atoms with van der Waals surface area (Å²) in [5.41, 5.74) is 7.03. The van der Waals surface area contributed by atoms with Gasteiger partial charge in [-0.3, -0.25) is 9.59 Å². The van der Waals surface area contributed by atoms with E-state index in [0.717, 1.165) is 42.5 Å². The Labute approximate surface area is 132 Å². The summed E-state index contributed by atoms with van der Waals surface area (Å²) in [5, 5.41) is 3.32. The lowest BCUT2D eigenvalue weighted by Crippen LogP contribution is -2.17. The lowest BCUT2D eigenvalue weighted by molar-refractivity contribution is 0.0996. The molecule has 0 fully saturated rings. The number of anilines is 1. The SMILES string of the molecule is Cc1ccc(C(=O)Nc2sc3c(c2C(N)=O)CCCCC3)o1. The van der Waals surface area contributed by atoms with Crippen molar-refractivity contribution in [3.63, 3.8) is 0 Å². The normalized spacial score (nSPS) is 14.2. The van der Waals surface area contributed by atoms with Crippen molar-refractivity contribution >= 4 is 28.2 Å². The number of hydrogen-bond acceptors (Lipinski definition) is 4. The average molecular weight is 318 g/mol. The van der Waals surface area contributed by atoms with Crippen molar-refractivity contribution in [3.05, 3.63) is 39.7 Å². The predicted octanol–water partition coefficient (Wildman–Crippen LogP) is 3.27. The largest absolute Gasteiger partial charge is 0.456 e. The summed E-state index contributed by atoms with van der Waals surface area (Å²) in [6, 6.07) is 3.35. The Bertz CT molecular complexity index is 730. The average Bonchev–Trinajstić information content (AvgIpc) is 2.96. The number of hydrogen-bond donors (Lipinski definition) is 2.